The van der Waals surface area contributed by atoms with Crippen LogP contribution in [0.15, 0.2) is 12.3 Å². The molecule has 0 aliphatic heterocycles. The third-order valence-corrected chi connectivity index (χ3v) is 3.20. The minimum Gasteiger partial charge on any atom is -0.480 e. The highest BCUT2D eigenvalue weighted by Gasteiger charge is 2.30. The lowest BCUT2D eigenvalue weighted by atomic mass is 10.2. The number of halogens is 1. The van der Waals surface area contributed by atoms with Gasteiger partial charge in [0.15, 0.2) is 0 Å². The zero-order valence-electron chi connectivity index (χ0n) is 10.5. The molecular formula is C12H14ClN3O4. The quantitative estimate of drug-likeness (QED) is 0.711. The number of rotatable bonds is 6. The lowest BCUT2D eigenvalue weighted by molar-refractivity contribution is -0.140. The molecule has 8 heteroatoms. The summed E-state index contributed by atoms with van der Waals surface area (Å²) in [6, 6.07) is 0.349. The lowest BCUT2D eigenvalue weighted by Crippen LogP contribution is -2.43. The number of carboxylic acid groups (broad SMARTS) is 1. The number of primary amides is 1. The largest absolute Gasteiger partial charge is 0.480 e. The van der Waals surface area contributed by atoms with Gasteiger partial charge in [-0.1, -0.05) is 11.6 Å². The van der Waals surface area contributed by atoms with Gasteiger partial charge >= 0.3 is 5.97 Å². The highest BCUT2D eigenvalue weighted by Crippen LogP contribution is 2.37. The Morgan fingerprint density at radius 2 is 2.15 bits per heavy atom. The van der Waals surface area contributed by atoms with Crippen molar-refractivity contribution < 1.29 is 19.5 Å². The van der Waals surface area contributed by atoms with Gasteiger partial charge in [-0.2, -0.15) is 0 Å². The van der Waals surface area contributed by atoms with Crippen molar-refractivity contribution in [3.63, 3.8) is 0 Å². The fourth-order valence-electron chi connectivity index (χ4n) is 1.92. The van der Waals surface area contributed by atoms with E-state index in [1.807, 2.05) is 0 Å². The summed E-state index contributed by atoms with van der Waals surface area (Å²) >= 11 is 5.87. The zero-order valence-corrected chi connectivity index (χ0v) is 11.3. The molecule has 1 aromatic rings. The van der Waals surface area contributed by atoms with Crippen LogP contribution in [0.1, 0.15) is 35.8 Å². The minimum absolute atomic E-state index is 0.225. The highest BCUT2D eigenvalue weighted by atomic mass is 35.5. The molecule has 1 saturated carbocycles. The van der Waals surface area contributed by atoms with Crippen molar-refractivity contribution >= 4 is 29.4 Å². The van der Waals surface area contributed by atoms with Crippen LogP contribution in [0.5, 0.6) is 0 Å². The molecule has 1 aromatic heterocycles. The highest BCUT2D eigenvalue weighted by molar-refractivity contribution is 6.31. The van der Waals surface area contributed by atoms with Crippen LogP contribution in [0.4, 0.5) is 0 Å². The predicted molar refractivity (Wildman–Crippen MR) is 70.4 cm³/mol. The number of aromatic nitrogens is 1. The van der Waals surface area contributed by atoms with Crippen LogP contribution >= 0.6 is 11.6 Å². The molecule has 0 spiro atoms. The monoisotopic (exact) mass is 299 g/mol. The van der Waals surface area contributed by atoms with Gasteiger partial charge in [0, 0.05) is 12.2 Å². The van der Waals surface area contributed by atoms with E-state index in [4.69, 9.17) is 22.4 Å². The molecule has 1 fully saturated rings. The molecule has 0 saturated heterocycles. The number of hydrogen-bond donors (Lipinski definition) is 3. The van der Waals surface area contributed by atoms with E-state index in [9.17, 15) is 14.4 Å². The Labute approximate surface area is 119 Å². The third kappa shape index (κ3) is 3.30. The number of carbonyl (C=O) groups excluding carboxylic acids is 2. The summed E-state index contributed by atoms with van der Waals surface area (Å²) in [7, 11) is 0. The molecule has 1 heterocycles. The van der Waals surface area contributed by atoms with Crippen LogP contribution in [0.25, 0.3) is 0 Å². The second-order valence-electron chi connectivity index (χ2n) is 4.72. The van der Waals surface area contributed by atoms with Crippen LogP contribution < -0.4 is 11.1 Å². The second kappa shape index (κ2) is 5.54. The smallest absolute Gasteiger partial charge is 0.326 e. The maximum atomic E-state index is 12.1. The summed E-state index contributed by atoms with van der Waals surface area (Å²) in [5.74, 6) is -2.70. The summed E-state index contributed by atoms with van der Waals surface area (Å²) in [4.78, 5) is 33.9. The topological polar surface area (TPSA) is 114 Å². The van der Waals surface area contributed by atoms with E-state index in [-0.39, 0.29) is 11.7 Å². The van der Waals surface area contributed by atoms with E-state index in [2.05, 4.69) is 5.32 Å². The molecule has 1 aliphatic carbocycles. The number of amides is 2. The SMILES string of the molecule is NC(=O)C[C@@H](NC(=O)c1cc(Cl)cn1C1CC1)C(=O)O. The van der Waals surface area contributed by atoms with Gasteiger partial charge in [0.1, 0.15) is 11.7 Å². The van der Waals surface area contributed by atoms with Gasteiger partial charge in [-0.25, -0.2) is 4.79 Å². The second-order valence-corrected chi connectivity index (χ2v) is 5.15. The summed E-state index contributed by atoms with van der Waals surface area (Å²) in [5.41, 5.74) is 5.24. The summed E-state index contributed by atoms with van der Waals surface area (Å²) in [5, 5.41) is 11.6. The van der Waals surface area contributed by atoms with E-state index in [0.717, 1.165) is 12.8 Å². The number of nitrogens with two attached hydrogens (primary N) is 1. The van der Waals surface area contributed by atoms with Gasteiger partial charge in [-0.3, -0.25) is 9.59 Å². The first-order valence-electron chi connectivity index (χ1n) is 6.08. The summed E-state index contributed by atoms with van der Waals surface area (Å²) in [6.07, 6.45) is 3.08. The Bertz CT molecular complexity index is 565. The van der Waals surface area contributed by atoms with Gasteiger partial charge in [-0.05, 0) is 18.9 Å². The van der Waals surface area contributed by atoms with Gasteiger partial charge in [0.05, 0.1) is 11.4 Å². The normalized spacial score (nSPS) is 15.7. The van der Waals surface area contributed by atoms with Gasteiger partial charge in [0.25, 0.3) is 5.91 Å². The minimum atomic E-state index is -1.35. The first-order valence-corrected chi connectivity index (χ1v) is 6.45. The Morgan fingerprint density at radius 1 is 1.50 bits per heavy atom. The molecule has 20 heavy (non-hydrogen) atoms. The molecule has 2 amide bonds. The third-order valence-electron chi connectivity index (χ3n) is 3.00. The van der Waals surface area contributed by atoms with E-state index < -0.39 is 30.2 Å². The molecule has 1 aliphatic rings. The maximum Gasteiger partial charge on any atom is 0.326 e. The molecule has 108 valence electrons. The number of aliphatic carboxylic acids is 1. The molecule has 7 nitrogen and oxygen atoms in total. The number of nitrogens with one attached hydrogen (secondary N) is 1. The molecule has 0 radical (unpaired) electrons. The summed E-state index contributed by atoms with van der Waals surface area (Å²) < 4.78 is 1.72. The van der Waals surface area contributed by atoms with Crippen LogP contribution in [0.3, 0.4) is 0 Å². The standard InChI is InChI=1S/C12H14ClN3O4/c13-6-3-9(16(5-6)7-1-2-7)11(18)15-8(12(19)20)4-10(14)17/h3,5,7-8H,1-2,4H2,(H2,14,17)(H,15,18)(H,19,20)/t8-/m1/s1. The molecule has 2 rings (SSSR count). The molecule has 0 aromatic carbocycles. The Morgan fingerprint density at radius 3 is 2.65 bits per heavy atom. The molecule has 0 unspecified atom stereocenters. The van der Waals surface area contributed by atoms with E-state index in [0.29, 0.717) is 5.02 Å². The number of carboxylic acids is 1. The van der Waals surface area contributed by atoms with Crippen molar-refractivity contribution in [2.75, 3.05) is 0 Å². The van der Waals surface area contributed by atoms with Crippen LogP contribution in [-0.4, -0.2) is 33.5 Å². The van der Waals surface area contributed by atoms with Gasteiger partial charge in [-0.15, -0.1) is 0 Å². The van der Waals surface area contributed by atoms with Crippen molar-refractivity contribution in [3.8, 4) is 0 Å². The zero-order chi connectivity index (χ0) is 14.9. The molecule has 1 atom stereocenters. The van der Waals surface area contributed by atoms with Crippen molar-refractivity contribution in [2.45, 2.75) is 31.3 Å². The fraction of sp³-hybridized carbons (Fsp3) is 0.417. The van der Waals surface area contributed by atoms with Crippen LogP contribution in [0.2, 0.25) is 5.02 Å². The van der Waals surface area contributed by atoms with Crippen LogP contribution in [-0.2, 0) is 9.59 Å². The Kier molecular flexibility index (Phi) is 3.99. The van der Waals surface area contributed by atoms with Crippen molar-refractivity contribution in [1.29, 1.82) is 0 Å². The van der Waals surface area contributed by atoms with Gasteiger partial charge < -0.3 is 20.7 Å². The van der Waals surface area contributed by atoms with Crippen LogP contribution in [0, 0.1) is 0 Å². The van der Waals surface area contributed by atoms with E-state index in [1.165, 1.54) is 6.07 Å². The summed E-state index contributed by atoms with van der Waals surface area (Å²) in [6.45, 7) is 0. The van der Waals surface area contributed by atoms with Crippen molar-refractivity contribution in [1.82, 2.24) is 9.88 Å². The number of carbonyl (C=O) groups is 3. The van der Waals surface area contributed by atoms with Crippen molar-refractivity contribution in [3.05, 3.63) is 23.0 Å². The Hall–Kier alpha value is -2.02. The average Bonchev–Trinajstić information content (AvgIpc) is 3.10. The number of nitrogens with zero attached hydrogens (tertiary/aromatic N) is 1. The van der Waals surface area contributed by atoms with Crippen molar-refractivity contribution in [2.24, 2.45) is 5.73 Å². The molecular weight excluding hydrogens is 286 g/mol. The van der Waals surface area contributed by atoms with E-state index in [1.54, 1.807) is 10.8 Å². The maximum absolute atomic E-state index is 12.1. The number of hydrogen-bond acceptors (Lipinski definition) is 3. The molecule has 4 N–H and O–H groups in total. The lowest BCUT2D eigenvalue weighted by Gasteiger charge is -2.14. The first-order chi connectivity index (χ1) is 9.38. The molecule has 0 bridgehead atoms. The first kappa shape index (κ1) is 14.4. The predicted octanol–water partition coefficient (Wildman–Crippen LogP) is 0.535. The van der Waals surface area contributed by atoms with E-state index >= 15 is 0 Å². The van der Waals surface area contributed by atoms with Gasteiger partial charge in [0.2, 0.25) is 5.91 Å². The average molecular weight is 300 g/mol. The Balaban J connectivity index is 2.14. The fourth-order valence-corrected chi connectivity index (χ4v) is 2.12.